The summed E-state index contributed by atoms with van der Waals surface area (Å²) >= 11 is 0. The fourth-order valence-corrected chi connectivity index (χ4v) is 2.70. The van der Waals surface area contributed by atoms with Crippen LogP contribution in [0.5, 0.6) is 5.75 Å². The Labute approximate surface area is 117 Å². The van der Waals surface area contributed by atoms with Crippen LogP contribution < -0.4 is 5.73 Å². The highest BCUT2D eigenvalue weighted by molar-refractivity contribution is 5.51. The van der Waals surface area contributed by atoms with E-state index >= 15 is 0 Å². The maximum Gasteiger partial charge on any atom is 0.165 e. The number of hydrogen-bond acceptors (Lipinski definition) is 3. The lowest BCUT2D eigenvalue weighted by Gasteiger charge is -2.29. The number of phenols is 1. The molecule has 0 aromatic heterocycles. The van der Waals surface area contributed by atoms with Crippen LogP contribution in [-0.2, 0) is 19.5 Å². The number of hydrogen-bond donors (Lipinski definition) is 2. The molecule has 2 aromatic carbocycles. The van der Waals surface area contributed by atoms with E-state index in [1.807, 2.05) is 12.1 Å². The van der Waals surface area contributed by atoms with E-state index in [1.54, 1.807) is 6.07 Å². The molecule has 0 unspecified atom stereocenters. The minimum atomic E-state index is -0.570. The van der Waals surface area contributed by atoms with Gasteiger partial charge in [0.25, 0.3) is 0 Å². The van der Waals surface area contributed by atoms with Crippen molar-refractivity contribution in [3.05, 3.63) is 58.9 Å². The molecule has 1 heterocycles. The van der Waals surface area contributed by atoms with E-state index < -0.39 is 5.82 Å². The second-order valence-corrected chi connectivity index (χ2v) is 5.23. The maximum atomic E-state index is 13.3. The molecule has 20 heavy (non-hydrogen) atoms. The Balaban J connectivity index is 1.77. The lowest BCUT2D eigenvalue weighted by Crippen LogP contribution is -2.30. The van der Waals surface area contributed by atoms with Crippen LogP contribution in [0.4, 0.5) is 10.1 Å². The normalized spacial score (nSPS) is 15.1. The van der Waals surface area contributed by atoms with Gasteiger partial charge < -0.3 is 10.8 Å². The van der Waals surface area contributed by atoms with Crippen LogP contribution in [0, 0.1) is 5.82 Å². The van der Waals surface area contributed by atoms with E-state index in [-0.39, 0.29) is 5.75 Å². The molecule has 0 atom stereocenters. The summed E-state index contributed by atoms with van der Waals surface area (Å²) in [5.41, 5.74) is 10.2. The van der Waals surface area contributed by atoms with Crippen LogP contribution in [0.1, 0.15) is 16.7 Å². The summed E-state index contributed by atoms with van der Waals surface area (Å²) < 4.78 is 13.3. The van der Waals surface area contributed by atoms with Crippen LogP contribution >= 0.6 is 0 Å². The Morgan fingerprint density at radius 1 is 1.25 bits per heavy atom. The Morgan fingerprint density at radius 3 is 2.90 bits per heavy atom. The van der Waals surface area contributed by atoms with Crippen molar-refractivity contribution in [1.29, 1.82) is 0 Å². The van der Waals surface area contributed by atoms with E-state index in [9.17, 15) is 9.50 Å². The van der Waals surface area contributed by atoms with Crippen LogP contribution in [0.25, 0.3) is 0 Å². The number of fused-ring (bicyclic) bond motifs is 1. The van der Waals surface area contributed by atoms with Crippen molar-refractivity contribution >= 4 is 5.69 Å². The topological polar surface area (TPSA) is 49.5 Å². The van der Waals surface area contributed by atoms with Gasteiger partial charge in [-0.1, -0.05) is 18.2 Å². The number of nitrogens with zero attached hydrogens (tertiary/aromatic N) is 1. The number of aromatic hydroxyl groups is 1. The smallest absolute Gasteiger partial charge is 0.165 e. The van der Waals surface area contributed by atoms with Crippen molar-refractivity contribution in [3.63, 3.8) is 0 Å². The van der Waals surface area contributed by atoms with Crippen molar-refractivity contribution < 1.29 is 9.50 Å². The Kier molecular flexibility index (Phi) is 3.32. The zero-order chi connectivity index (χ0) is 14.1. The molecule has 3 N–H and O–H groups in total. The second-order valence-electron chi connectivity index (χ2n) is 5.23. The van der Waals surface area contributed by atoms with Crippen molar-refractivity contribution in [1.82, 2.24) is 4.90 Å². The lowest BCUT2D eigenvalue weighted by atomic mass is 9.98. The lowest BCUT2D eigenvalue weighted by molar-refractivity contribution is 0.245. The maximum absolute atomic E-state index is 13.3. The molecule has 4 heteroatoms. The molecule has 0 bridgehead atoms. The first kappa shape index (κ1) is 12.9. The predicted molar refractivity (Wildman–Crippen MR) is 76.7 cm³/mol. The molecule has 2 aromatic rings. The minimum absolute atomic E-state index is 0.304. The summed E-state index contributed by atoms with van der Waals surface area (Å²) in [6.45, 7) is 2.37. The van der Waals surface area contributed by atoms with Gasteiger partial charge in [0.05, 0.1) is 0 Å². The van der Waals surface area contributed by atoms with Gasteiger partial charge in [-0.2, -0.15) is 0 Å². The highest BCUT2D eigenvalue weighted by Gasteiger charge is 2.18. The van der Waals surface area contributed by atoms with Crippen molar-refractivity contribution in [2.75, 3.05) is 12.3 Å². The van der Waals surface area contributed by atoms with E-state index in [1.165, 1.54) is 23.3 Å². The van der Waals surface area contributed by atoms with E-state index in [0.29, 0.717) is 6.54 Å². The largest absolute Gasteiger partial charge is 0.505 e. The van der Waals surface area contributed by atoms with E-state index in [0.717, 1.165) is 30.8 Å². The number of halogens is 1. The van der Waals surface area contributed by atoms with Crippen molar-refractivity contribution in [2.24, 2.45) is 0 Å². The average Bonchev–Trinajstić information content (AvgIpc) is 2.44. The summed E-state index contributed by atoms with van der Waals surface area (Å²) in [6, 6.07) is 10.6. The highest BCUT2D eigenvalue weighted by atomic mass is 19.1. The summed E-state index contributed by atoms with van der Waals surface area (Å²) in [4.78, 5) is 2.24. The van der Waals surface area contributed by atoms with Gasteiger partial charge in [-0.25, -0.2) is 4.39 Å². The molecule has 0 radical (unpaired) electrons. The number of benzene rings is 2. The van der Waals surface area contributed by atoms with E-state index in [4.69, 9.17) is 5.73 Å². The first-order chi connectivity index (χ1) is 9.63. The summed E-state index contributed by atoms with van der Waals surface area (Å²) in [7, 11) is 0. The Morgan fingerprint density at radius 2 is 2.10 bits per heavy atom. The number of rotatable bonds is 2. The highest BCUT2D eigenvalue weighted by Crippen LogP contribution is 2.26. The molecular formula is C16H17FN2O. The van der Waals surface area contributed by atoms with Crippen LogP contribution in [-0.4, -0.2) is 16.6 Å². The Hall–Kier alpha value is -2.07. The zero-order valence-corrected chi connectivity index (χ0v) is 11.1. The molecular weight excluding hydrogens is 255 g/mol. The molecule has 3 nitrogen and oxygen atoms in total. The molecule has 0 amide bonds. The average molecular weight is 272 g/mol. The molecule has 1 aliphatic rings. The van der Waals surface area contributed by atoms with Crippen LogP contribution in [0.15, 0.2) is 36.4 Å². The number of nitrogen functional groups attached to an aromatic ring is 1. The fraction of sp³-hybridized carbons (Fsp3) is 0.250. The zero-order valence-electron chi connectivity index (χ0n) is 11.1. The van der Waals surface area contributed by atoms with Crippen molar-refractivity contribution in [2.45, 2.75) is 19.5 Å². The SMILES string of the molecule is Nc1cccc2c1CN(Cc1ccc(O)c(F)c1)CC2. The molecule has 104 valence electrons. The minimum Gasteiger partial charge on any atom is -0.505 e. The quantitative estimate of drug-likeness (QED) is 0.826. The second kappa shape index (κ2) is 5.13. The number of phenolic OH excluding ortho intramolecular Hbond substituents is 1. The molecule has 3 rings (SSSR count). The third-order valence-corrected chi connectivity index (χ3v) is 3.81. The first-order valence-corrected chi connectivity index (χ1v) is 6.69. The molecule has 1 aliphatic heterocycles. The van der Waals surface area contributed by atoms with Gasteiger partial charge in [-0.3, -0.25) is 4.90 Å². The van der Waals surface area contributed by atoms with Gasteiger partial charge in [0, 0.05) is 25.3 Å². The monoisotopic (exact) mass is 272 g/mol. The third kappa shape index (κ3) is 2.47. The summed E-state index contributed by atoms with van der Waals surface area (Å²) in [6.07, 6.45) is 0.959. The molecule has 0 fully saturated rings. The number of nitrogens with two attached hydrogens (primary N) is 1. The van der Waals surface area contributed by atoms with Gasteiger partial charge in [0.1, 0.15) is 0 Å². The van der Waals surface area contributed by atoms with Gasteiger partial charge >= 0.3 is 0 Å². The standard InChI is InChI=1S/C16H17FN2O/c17-14-8-11(4-5-16(14)20)9-19-7-6-12-2-1-3-15(18)13(12)10-19/h1-5,8,20H,6-7,9-10,18H2. The third-order valence-electron chi connectivity index (χ3n) is 3.81. The Bertz CT molecular complexity index is 642. The predicted octanol–water partition coefficient (Wildman–Crippen LogP) is 2.67. The first-order valence-electron chi connectivity index (χ1n) is 6.69. The molecule has 0 aliphatic carbocycles. The van der Waals surface area contributed by atoms with E-state index in [2.05, 4.69) is 11.0 Å². The van der Waals surface area contributed by atoms with Crippen LogP contribution in [0.3, 0.4) is 0 Å². The summed E-state index contributed by atoms with van der Waals surface area (Å²) in [5.74, 6) is -0.874. The number of anilines is 1. The fourth-order valence-electron chi connectivity index (χ4n) is 2.70. The van der Waals surface area contributed by atoms with Gasteiger partial charge in [0.15, 0.2) is 11.6 Å². The summed E-state index contributed by atoms with van der Waals surface area (Å²) in [5, 5.41) is 9.21. The van der Waals surface area contributed by atoms with Gasteiger partial charge in [0.2, 0.25) is 0 Å². The molecule has 0 saturated carbocycles. The van der Waals surface area contributed by atoms with Gasteiger partial charge in [-0.15, -0.1) is 0 Å². The van der Waals surface area contributed by atoms with Crippen molar-refractivity contribution in [3.8, 4) is 5.75 Å². The molecule has 0 spiro atoms. The molecule has 0 saturated heterocycles. The van der Waals surface area contributed by atoms with Crippen LogP contribution in [0.2, 0.25) is 0 Å². The van der Waals surface area contributed by atoms with Gasteiger partial charge in [-0.05, 0) is 41.3 Å².